The second-order valence-corrected chi connectivity index (χ2v) is 7.21. The molecule has 128 valence electrons. The average molecular weight is 350 g/mol. The van der Waals surface area contributed by atoms with Gasteiger partial charge in [0.15, 0.2) is 0 Å². The molecule has 0 heterocycles. The van der Waals surface area contributed by atoms with Crippen LogP contribution >= 0.6 is 0 Å². The van der Waals surface area contributed by atoms with Crippen molar-refractivity contribution in [2.75, 3.05) is 17.6 Å². The van der Waals surface area contributed by atoms with Gasteiger partial charge in [-0.2, -0.15) is 0 Å². The molecule has 2 N–H and O–H groups in total. The second-order valence-electron chi connectivity index (χ2n) is 5.29. The Hall–Kier alpha value is -2.25. The Morgan fingerprint density at radius 3 is 2.50 bits per heavy atom. The summed E-state index contributed by atoms with van der Waals surface area (Å²) in [7, 11) is -3.53. The molecule has 7 heteroatoms. The maximum absolute atomic E-state index is 13.0. The fourth-order valence-electron chi connectivity index (χ4n) is 2.13. The van der Waals surface area contributed by atoms with Gasteiger partial charge in [-0.05, 0) is 36.6 Å². The summed E-state index contributed by atoms with van der Waals surface area (Å²) in [6, 6.07) is 15.0. The normalized spacial score (nSPS) is 11.2. The summed E-state index contributed by atoms with van der Waals surface area (Å²) in [6.07, 6.45) is 1.11. The first-order valence-corrected chi connectivity index (χ1v) is 9.16. The maximum atomic E-state index is 13.0. The first-order chi connectivity index (χ1) is 11.4. The lowest BCUT2D eigenvalue weighted by Gasteiger charge is -2.08. The van der Waals surface area contributed by atoms with Crippen LogP contribution in [0.3, 0.4) is 0 Å². The van der Waals surface area contributed by atoms with Crippen molar-refractivity contribution in [3.8, 4) is 0 Å². The van der Waals surface area contributed by atoms with E-state index in [0.717, 1.165) is 11.6 Å². The number of aryl methyl sites for hydroxylation is 1. The van der Waals surface area contributed by atoms with Gasteiger partial charge >= 0.3 is 0 Å². The van der Waals surface area contributed by atoms with Crippen molar-refractivity contribution >= 4 is 21.6 Å². The van der Waals surface area contributed by atoms with Crippen molar-refractivity contribution in [1.82, 2.24) is 4.72 Å². The number of hydrogen-bond donors (Lipinski definition) is 2. The van der Waals surface area contributed by atoms with Gasteiger partial charge in [0, 0.05) is 5.69 Å². The third kappa shape index (κ3) is 6.47. The Balaban J connectivity index is 1.74. The van der Waals surface area contributed by atoms with Crippen molar-refractivity contribution in [3.05, 3.63) is 66.0 Å². The van der Waals surface area contributed by atoms with Crippen LogP contribution in [0.4, 0.5) is 10.1 Å². The predicted molar refractivity (Wildman–Crippen MR) is 91.6 cm³/mol. The number of hydrogen-bond acceptors (Lipinski definition) is 3. The number of carbonyl (C=O) groups is 1. The molecule has 0 atom stereocenters. The number of sulfonamides is 1. The Kier molecular flexibility index (Phi) is 6.45. The lowest BCUT2D eigenvalue weighted by Crippen LogP contribution is -2.34. The molecule has 0 radical (unpaired) electrons. The van der Waals surface area contributed by atoms with E-state index in [9.17, 15) is 17.6 Å². The van der Waals surface area contributed by atoms with E-state index < -0.39 is 21.7 Å². The highest BCUT2D eigenvalue weighted by atomic mass is 32.2. The van der Waals surface area contributed by atoms with E-state index in [-0.39, 0.29) is 18.0 Å². The van der Waals surface area contributed by atoms with Crippen LogP contribution in [0.25, 0.3) is 0 Å². The highest BCUT2D eigenvalue weighted by Crippen LogP contribution is 2.08. The molecule has 0 fully saturated rings. The van der Waals surface area contributed by atoms with Gasteiger partial charge < -0.3 is 5.32 Å². The molecule has 0 aliphatic carbocycles. The Labute approximate surface area is 141 Å². The highest BCUT2D eigenvalue weighted by molar-refractivity contribution is 7.89. The van der Waals surface area contributed by atoms with Crippen molar-refractivity contribution in [3.63, 3.8) is 0 Å². The van der Waals surface area contributed by atoms with Crippen molar-refractivity contribution in [2.24, 2.45) is 0 Å². The van der Waals surface area contributed by atoms with E-state index in [1.807, 2.05) is 30.3 Å². The minimum absolute atomic E-state index is 0.0604. The lowest BCUT2D eigenvalue weighted by molar-refractivity contribution is -0.115. The van der Waals surface area contributed by atoms with Gasteiger partial charge in [0.05, 0.1) is 12.3 Å². The van der Waals surface area contributed by atoms with Crippen molar-refractivity contribution in [2.45, 2.75) is 12.8 Å². The Morgan fingerprint density at radius 1 is 1.04 bits per heavy atom. The predicted octanol–water partition coefficient (Wildman–Crippen LogP) is 2.32. The summed E-state index contributed by atoms with van der Waals surface area (Å²) in [5.41, 5.74) is 1.35. The van der Waals surface area contributed by atoms with Gasteiger partial charge in [-0.25, -0.2) is 17.5 Å². The van der Waals surface area contributed by atoms with Gasteiger partial charge in [0.2, 0.25) is 15.9 Å². The number of anilines is 1. The molecule has 2 rings (SSSR count). The molecule has 0 spiro atoms. The van der Waals surface area contributed by atoms with E-state index in [1.54, 1.807) is 0 Å². The van der Waals surface area contributed by atoms with Crippen LogP contribution < -0.4 is 10.0 Å². The largest absolute Gasteiger partial charge is 0.325 e. The van der Waals surface area contributed by atoms with Gasteiger partial charge in [0.1, 0.15) is 5.82 Å². The minimum Gasteiger partial charge on any atom is -0.325 e. The summed E-state index contributed by atoms with van der Waals surface area (Å²) < 4.78 is 39.0. The fraction of sp³-hybridized carbons (Fsp3) is 0.235. The number of amides is 1. The monoisotopic (exact) mass is 350 g/mol. The van der Waals surface area contributed by atoms with E-state index in [2.05, 4.69) is 10.0 Å². The first kappa shape index (κ1) is 18.1. The first-order valence-electron chi connectivity index (χ1n) is 7.51. The number of halogens is 1. The lowest BCUT2D eigenvalue weighted by atomic mass is 10.1. The van der Waals surface area contributed by atoms with Gasteiger partial charge in [-0.15, -0.1) is 0 Å². The number of rotatable bonds is 8. The topological polar surface area (TPSA) is 75.3 Å². The quantitative estimate of drug-likeness (QED) is 0.767. The zero-order valence-corrected chi connectivity index (χ0v) is 13.9. The molecule has 0 aliphatic heterocycles. The van der Waals surface area contributed by atoms with Crippen molar-refractivity contribution < 1.29 is 17.6 Å². The van der Waals surface area contributed by atoms with Crippen LogP contribution in [-0.2, 0) is 21.2 Å². The SMILES string of the molecule is O=C(CNS(=O)(=O)CCCc1ccccc1)Nc1cccc(F)c1. The van der Waals surface area contributed by atoms with Crippen LogP contribution in [0.1, 0.15) is 12.0 Å². The molecule has 2 aromatic carbocycles. The minimum atomic E-state index is -3.53. The number of carbonyl (C=O) groups excluding carboxylic acids is 1. The summed E-state index contributed by atoms with van der Waals surface area (Å²) in [5, 5.41) is 2.43. The Morgan fingerprint density at radius 2 is 1.79 bits per heavy atom. The zero-order chi connectivity index (χ0) is 17.4. The van der Waals surface area contributed by atoms with Gasteiger partial charge in [-0.3, -0.25) is 4.79 Å². The molecular weight excluding hydrogens is 331 g/mol. The molecule has 24 heavy (non-hydrogen) atoms. The number of nitrogens with one attached hydrogen (secondary N) is 2. The van der Waals surface area contributed by atoms with Crippen LogP contribution in [0.2, 0.25) is 0 Å². The van der Waals surface area contributed by atoms with Gasteiger partial charge in [-0.1, -0.05) is 36.4 Å². The molecule has 0 aliphatic rings. The summed E-state index contributed by atoms with van der Waals surface area (Å²) in [5.74, 6) is -1.09. The van der Waals surface area contributed by atoms with E-state index in [0.29, 0.717) is 12.8 Å². The zero-order valence-electron chi connectivity index (χ0n) is 13.0. The molecular formula is C17H19FN2O3S. The fourth-order valence-corrected chi connectivity index (χ4v) is 3.15. The maximum Gasteiger partial charge on any atom is 0.239 e. The molecule has 0 saturated heterocycles. The molecule has 2 aromatic rings. The summed E-state index contributed by atoms with van der Waals surface area (Å²) in [4.78, 5) is 11.7. The number of benzene rings is 2. The van der Waals surface area contributed by atoms with E-state index in [4.69, 9.17) is 0 Å². The Bertz CT molecular complexity index is 779. The molecule has 0 bridgehead atoms. The summed E-state index contributed by atoms with van der Waals surface area (Å²) >= 11 is 0. The van der Waals surface area contributed by atoms with E-state index in [1.165, 1.54) is 18.2 Å². The molecule has 0 saturated carbocycles. The van der Waals surface area contributed by atoms with Crippen LogP contribution in [0.5, 0.6) is 0 Å². The standard InChI is InChI=1S/C17H19FN2O3S/c18-15-9-4-10-16(12-15)20-17(21)13-19-24(22,23)11-5-8-14-6-2-1-3-7-14/h1-4,6-7,9-10,12,19H,5,8,11,13H2,(H,20,21). The molecule has 0 unspecified atom stereocenters. The molecule has 5 nitrogen and oxygen atoms in total. The molecule has 1 amide bonds. The van der Waals surface area contributed by atoms with Crippen molar-refractivity contribution in [1.29, 1.82) is 0 Å². The molecule has 0 aromatic heterocycles. The van der Waals surface area contributed by atoms with Gasteiger partial charge in [0.25, 0.3) is 0 Å². The smallest absolute Gasteiger partial charge is 0.239 e. The van der Waals surface area contributed by atoms with E-state index >= 15 is 0 Å². The third-order valence-electron chi connectivity index (χ3n) is 3.28. The third-order valence-corrected chi connectivity index (χ3v) is 4.69. The average Bonchev–Trinajstić information content (AvgIpc) is 2.54. The second kappa shape index (κ2) is 8.56. The highest BCUT2D eigenvalue weighted by Gasteiger charge is 2.12. The van der Waals surface area contributed by atoms with Crippen LogP contribution in [-0.4, -0.2) is 26.6 Å². The summed E-state index contributed by atoms with van der Waals surface area (Å²) in [6.45, 7) is -0.385. The van der Waals surface area contributed by atoms with Crippen LogP contribution in [0.15, 0.2) is 54.6 Å². The van der Waals surface area contributed by atoms with Crippen LogP contribution in [0, 0.1) is 5.82 Å².